The van der Waals surface area contributed by atoms with Crippen molar-refractivity contribution >= 4 is 40.5 Å². The van der Waals surface area contributed by atoms with E-state index in [1.165, 1.54) is 0 Å². The molecule has 1 fully saturated rings. The van der Waals surface area contributed by atoms with Crippen LogP contribution in [0.25, 0.3) is 0 Å². The molecule has 1 saturated heterocycles. The van der Waals surface area contributed by atoms with Crippen molar-refractivity contribution in [2.24, 2.45) is 0 Å². The van der Waals surface area contributed by atoms with Crippen molar-refractivity contribution in [3.8, 4) is 0 Å². The number of carbonyl (C=O) groups excluding carboxylic acids is 2. The minimum Gasteiger partial charge on any atom is -0.368 e. The van der Waals surface area contributed by atoms with Crippen LogP contribution < -0.4 is 15.5 Å². The molecule has 0 unspecified atom stereocenters. The zero-order valence-electron chi connectivity index (χ0n) is 17.5. The highest BCUT2D eigenvalue weighted by Crippen LogP contribution is 2.20. The number of anilines is 2. The van der Waals surface area contributed by atoms with Crippen molar-refractivity contribution in [3.05, 3.63) is 59.7 Å². The Morgan fingerprint density at radius 1 is 1.00 bits per heavy atom. The number of amides is 2. The summed E-state index contributed by atoms with van der Waals surface area (Å²) >= 11 is 5.18. The first-order valence-corrected chi connectivity index (χ1v) is 10.7. The number of hydrogen-bond acceptors (Lipinski definition) is 4. The average molecular weight is 425 g/mol. The Labute approximate surface area is 183 Å². The minimum absolute atomic E-state index is 0.0789. The third kappa shape index (κ3) is 5.57. The molecular weight excluding hydrogens is 396 g/mol. The van der Waals surface area contributed by atoms with Crippen LogP contribution in [0.4, 0.5) is 11.4 Å². The Balaban J connectivity index is 1.52. The second-order valence-corrected chi connectivity index (χ2v) is 7.80. The molecule has 158 valence electrons. The van der Waals surface area contributed by atoms with Gasteiger partial charge in [0, 0.05) is 49.5 Å². The van der Waals surface area contributed by atoms with Crippen LogP contribution in [0.2, 0.25) is 0 Å². The van der Waals surface area contributed by atoms with Crippen molar-refractivity contribution < 1.29 is 9.59 Å². The third-order valence-electron chi connectivity index (χ3n) is 5.16. The molecule has 6 nitrogen and oxygen atoms in total. The van der Waals surface area contributed by atoms with Crippen LogP contribution in [-0.4, -0.2) is 48.0 Å². The van der Waals surface area contributed by atoms with Gasteiger partial charge in [-0.2, -0.15) is 0 Å². The van der Waals surface area contributed by atoms with Crippen molar-refractivity contribution in [2.75, 3.05) is 36.4 Å². The van der Waals surface area contributed by atoms with E-state index < -0.39 is 0 Å². The molecule has 0 aromatic heterocycles. The van der Waals surface area contributed by atoms with Crippen LogP contribution in [0, 0.1) is 6.92 Å². The molecular formula is C23H28N4O2S. The molecule has 0 atom stereocenters. The standard InChI is InChI=1S/C23H28N4O2S/c1-3-6-21(28)25-23(30)24-18-9-11-19(12-10-18)26-13-15-27(16-14-26)22(29)20-8-5-4-7-17(20)2/h4-5,7-12H,3,6,13-16H2,1-2H3,(H2,24,25,28,30). The number of aryl methyl sites for hydroxylation is 1. The molecule has 7 heteroatoms. The summed E-state index contributed by atoms with van der Waals surface area (Å²) in [7, 11) is 0. The molecule has 0 radical (unpaired) electrons. The maximum Gasteiger partial charge on any atom is 0.254 e. The lowest BCUT2D eigenvalue weighted by Crippen LogP contribution is -2.48. The van der Waals surface area contributed by atoms with Crippen LogP contribution >= 0.6 is 12.2 Å². The maximum absolute atomic E-state index is 12.8. The fourth-order valence-electron chi connectivity index (χ4n) is 3.49. The number of nitrogens with zero attached hydrogens (tertiary/aromatic N) is 2. The van der Waals surface area contributed by atoms with Gasteiger partial charge in [-0.3, -0.25) is 9.59 Å². The van der Waals surface area contributed by atoms with Crippen molar-refractivity contribution in [2.45, 2.75) is 26.7 Å². The Hall–Kier alpha value is -2.93. The number of thiocarbonyl (C=S) groups is 1. The van der Waals surface area contributed by atoms with Gasteiger partial charge in [-0.05, 0) is 61.5 Å². The third-order valence-corrected chi connectivity index (χ3v) is 5.37. The Morgan fingerprint density at radius 3 is 2.30 bits per heavy atom. The number of hydrogen-bond donors (Lipinski definition) is 2. The lowest BCUT2D eigenvalue weighted by Gasteiger charge is -2.36. The highest BCUT2D eigenvalue weighted by Gasteiger charge is 2.23. The summed E-state index contributed by atoms with van der Waals surface area (Å²) < 4.78 is 0. The molecule has 1 aliphatic rings. The smallest absolute Gasteiger partial charge is 0.254 e. The Kier molecular flexibility index (Phi) is 7.41. The highest BCUT2D eigenvalue weighted by molar-refractivity contribution is 7.80. The lowest BCUT2D eigenvalue weighted by atomic mass is 10.1. The fraction of sp³-hybridized carbons (Fsp3) is 0.348. The van der Waals surface area contributed by atoms with E-state index in [4.69, 9.17) is 12.2 Å². The molecule has 0 spiro atoms. The average Bonchev–Trinajstić information content (AvgIpc) is 2.74. The summed E-state index contributed by atoms with van der Waals surface area (Å²) in [5, 5.41) is 6.02. The summed E-state index contributed by atoms with van der Waals surface area (Å²) in [6.45, 7) is 6.89. The zero-order valence-corrected chi connectivity index (χ0v) is 18.3. The molecule has 30 heavy (non-hydrogen) atoms. The van der Waals surface area contributed by atoms with Gasteiger partial charge < -0.3 is 20.4 Å². The molecule has 0 aliphatic carbocycles. The van der Waals surface area contributed by atoms with Gasteiger partial charge in [-0.15, -0.1) is 0 Å². The van der Waals surface area contributed by atoms with Gasteiger partial charge in [0.1, 0.15) is 0 Å². The number of benzene rings is 2. The predicted octanol–water partition coefficient (Wildman–Crippen LogP) is 3.57. The minimum atomic E-state index is -0.0789. The molecule has 0 saturated carbocycles. The molecule has 2 N–H and O–H groups in total. The second-order valence-electron chi connectivity index (χ2n) is 7.39. The normalized spacial score (nSPS) is 13.7. The Morgan fingerprint density at radius 2 is 1.67 bits per heavy atom. The maximum atomic E-state index is 12.8. The van der Waals surface area contributed by atoms with Crippen LogP contribution in [0.1, 0.15) is 35.7 Å². The molecule has 0 bridgehead atoms. The van der Waals surface area contributed by atoms with Crippen molar-refractivity contribution in [3.63, 3.8) is 0 Å². The molecule has 2 aromatic rings. The summed E-state index contributed by atoms with van der Waals surface area (Å²) in [6.07, 6.45) is 1.24. The quantitative estimate of drug-likeness (QED) is 0.719. The molecule has 2 amide bonds. The summed E-state index contributed by atoms with van der Waals surface area (Å²) in [6, 6.07) is 15.7. The van der Waals surface area contributed by atoms with Gasteiger partial charge in [0.15, 0.2) is 5.11 Å². The summed E-state index contributed by atoms with van der Waals surface area (Å²) in [5.41, 5.74) is 3.72. The lowest BCUT2D eigenvalue weighted by molar-refractivity contribution is -0.119. The SMILES string of the molecule is CCCC(=O)NC(=S)Nc1ccc(N2CCN(C(=O)c3ccccc3C)CC2)cc1. The number of nitrogens with one attached hydrogen (secondary N) is 2. The molecule has 3 rings (SSSR count). The van der Waals surface area contributed by atoms with E-state index in [2.05, 4.69) is 15.5 Å². The van der Waals surface area contributed by atoms with Gasteiger partial charge in [0.2, 0.25) is 5.91 Å². The monoisotopic (exact) mass is 424 g/mol. The van der Waals surface area contributed by atoms with Crippen molar-refractivity contribution in [1.29, 1.82) is 0 Å². The molecule has 1 heterocycles. The van der Waals surface area contributed by atoms with Crippen molar-refractivity contribution in [1.82, 2.24) is 10.2 Å². The van der Waals surface area contributed by atoms with E-state index in [1.54, 1.807) is 0 Å². The van der Waals surface area contributed by atoms with Crippen LogP contribution in [0.5, 0.6) is 0 Å². The van der Waals surface area contributed by atoms with Crippen LogP contribution in [0.3, 0.4) is 0 Å². The number of carbonyl (C=O) groups is 2. The summed E-state index contributed by atoms with van der Waals surface area (Å²) in [4.78, 5) is 28.6. The first-order chi connectivity index (χ1) is 14.5. The predicted molar refractivity (Wildman–Crippen MR) is 125 cm³/mol. The molecule has 2 aromatic carbocycles. The first kappa shape index (κ1) is 21.8. The van der Waals surface area contributed by atoms with E-state index in [0.717, 1.165) is 42.0 Å². The highest BCUT2D eigenvalue weighted by atomic mass is 32.1. The largest absolute Gasteiger partial charge is 0.368 e. The first-order valence-electron chi connectivity index (χ1n) is 10.3. The van der Waals surface area contributed by atoms with Crippen LogP contribution in [0.15, 0.2) is 48.5 Å². The van der Waals surface area contributed by atoms with Gasteiger partial charge in [-0.25, -0.2) is 0 Å². The zero-order chi connectivity index (χ0) is 21.5. The topological polar surface area (TPSA) is 64.7 Å². The van der Waals surface area contributed by atoms with E-state index >= 15 is 0 Å². The Bertz CT molecular complexity index is 906. The summed E-state index contributed by atoms with van der Waals surface area (Å²) in [5.74, 6) is 0.0238. The second kappa shape index (κ2) is 10.2. The fourth-order valence-corrected chi connectivity index (χ4v) is 3.72. The van der Waals surface area contributed by atoms with E-state index in [-0.39, 0.29) is 11.8 Å². The van der Waals surface area contributed by atoms with E-state index in [0.29, 0.717) is 24.6 Å². The van der Waals surface area contributed by atoms with Crippen LogP contribution in [-0.2, 0) is 4.79 Å². The van der Waals surface area contributed by atoms with Gasteiger partial charge in [0.05, 0.1) is 0 Å². The van der Waals surface area contributed by atoms with E-state index in [1.807, 2.05) is 67.3 Å². The van der Waals surface area contributed by atoms with Gasteiger partial charge in [-0.1, -0.05) is 25.1 Å². The number of piperazine rings is 1. The number of rotatable bonds is 5. The van der Waals surface area contributed by atoms with Gasteiger partial charge in [0.25, 0.3) is 5.91 Å². The molecule has 1 aliphatic heterocycles. The van der Waals surface area contributed by atoms with Gasteiger partial charge >= 0.3 is 0 Å². The van der Waals surface area contributed by atoms with E-state index in [9.17, 15) is 9.59 Å².